The predicted molar refractivity (Wildman–Crippen MR) is 80.8 cm³/mol. The summed E-state index contributed by atoms with van der Waals surface area (Å²) >= 11 is 7.49. The van der Waals surface area contributed by atoms with Crippen LogP contribution >= 0.6 is 23.4 Å². The van der Waals surface area contributed by atoms with Crippen molar-refractivity contribution in [3.63, 3.8) is 0 Å². The van der Waals surface area contributed by atoms with E-state index in [-0.39, 0.29) is 5.97 Å². The number of thioether (sulfide) groups is 1. The largest absolute Gasteiger partial charge is 0.459 e. The number of hydrogen-bond donors (Lipinski definition) is 1. The molecular formula is C13H19ClN2O2S. The van der Waals surface area contributed by atoms with Gasteiger partial charge in [-0.2, -0.15) is 0 Å². The maximum atomic E-state index is 11.5. The SMILES string of the molecule is CNc1ccc(Cl)c(CSCC(=O)OC(C)(C)C)n1. The molecule has 0 spiro atoms. The van der Waals surface area contributed by atoms with Gasteiger partial charge in [-0.15, -0.1) is 11.8 Å². The molecule has 0 amide bonds. The van der Waals surface area contributed by atoms with E-state index in [1.165, 1.54) is 11.8 Å². The third-order valence-electron chi connectivity index (χ3n) is 2.05. The van der Waals surface area contributed by atoms with Crippen LogP contribution in [0.25, 0.3) is 0 Å². The number of nitrogens with one attached hydrogen (secondary N) is 1. The van der Waals surface area contributed by atoms with Gasteiger partial charge in [-0.05, 0) is 32.9 Å². The first-order chi connectivity index (χ1) is 8.81. The minimum absolute atomic E-state index is 0.224. The molecule has 1 heterocycles. The molecule has 0 aliphatic heterocycles. The first-order valence-corrected chi connectivity index (χ1v) is 7.48. The first-order valence-electron chi connectivity index (χ1n) is 5.94. The molecule has 106 valence electrons. The van der Waals surface area contributed by atoms with E-state index in [1.807, 2.05) is 26.8 Å². The minimum Gasteiger partial charge on any atom is -0.459 e. The summed E-state index contributed by atoms with van der Waals surface area (Å²) < 4.78 is 5.23. The number of carbonyl (C=O) groups excluding carboxylic acids is 1. The summed E-state index contributed by atoms with van der Waals surface area (Å²) in [6.45, 7) is 5.55. The molecule has 0 saturated heterocycles. The number of hydrogen-bond acceptors (Lipinski definition) is 5. The van der Waals surface area contributed by atoms with Crippen LogP contribution in [0, 0.1) is 0 Å². The van der Waals surface area contributed by atoms with Gasteiger partial charge in [0.05, 0.1) is 16.5 Å². The van der Waals surface area contributed by atoms with Crippen LogP contribution in [-0.2, 0) is 15.3 Å². The molecule has 0 bridgehead atoms. The normalized spacial score (nSPS) is 11.2. The number of ether oxygens (including phenoxy) is 1. The summed E-state index contributed by atoms with van der Waals surface area (Å²) in [4.78, 5) is 15.9. The fourth-order valence-electron chi connectivity index (χ4n) is 1.33. The van der Waals surface area contributed by atoms with Crippen molar-refractivity contribution in [3.8, 4) is 0 Å². The average Bonchev–Trinajstić information content (AvgIpc) is 2.29. The number of aromatic nitrogens is 1. The van der Waals surface area contributed by atoms with Crippen LogP contribution in [0.3, 0.4) is 0 Å². The number of halogens is 1. The van der Waals surface area contributed by atoms with Crippen LogP contribution in [0.1, 0.15) is 26.5 Å². The zero-order valence-electron chi connectivity index (χ0n) is 11.6. The van der Waals surface area contributed by atoms with Crippen molar-refractivity contribution in [2.24, 2.45) is 0 Å². The second-order valence-electron chi connectivity index (χ2n) is 4.95. The van der Waals surface area contributed by atoms with Crippen LogP contribution < -0.4 is 5.32 Å². The predicted octanol–water partition coefficient (Wildman–Crippen LogP) is 3.35. The average molecular weight is 303 g/mol. The van der Waals surface area contributed by atoms with Crippen LogP contribution in [0.4, 0.5) is 5.82 Å². The highest BCUT2D eigenvalue weighted by Crippen LogP contribution is 2.21. The van der Waals surface area contributed by atoms with Crippen LogP contribution in [0.5, 0.6) is 0 Å². The van der Waals surface area contributed by atoms with E-state index < -0.39 is 5.60 Å². The lowest BCUT2D eigenvalue weighted by atomic mass is 10.2. The highest BCUT2D eigenvalue weighted by molar-refractivity contribution is 7.99. The van der Waals surface area contributed by atoms with E-state index in [9.17, 15) is 4.79 Å². The number of pyridine rings is 1. The molecule has 0 aliphatic rings. The van der Waals surface area contributed by atoms with Gasteiger partial charge in [0, 0.05) is 12.8 Å². The topological polar surface area (TPSA) is 51.2 Å². The van der Waals surface area contributed by atoms with Gasteiger partial charge in [0.15, 0.2) is 0 Å². The van der Waals surface area contributed by atoms with E-state index in [4.69, 9.17) is 16.3 Å². The van der Waals surface area contributed by atoms with Gasteiger partial charge >= 0.3 is 5.97 Å². The third kappa shape index (κ3) is 6.16. The standard InChI is InChI=1S/C13H19ClN2O2S/c1-13(2,3)18-12(17)8-19-7-10-9(14)5-6-11(15-4)16-10/h5-6H,7-8H2,1-4H3,(H,15,16). The van der Waals surface area contributed by atoms with Crippen LogP contribution in [0.2, 0.25) is 5.02 Å². The van der Waals surface area contributed by atoms with Gasteiger partial charge in [-0.1, -0.05) is 11.6 Å². The Hall–Kier alpha value is -0.940. The van der Waals surface area contributed by atoms with E-state index in [2.05, 4.69) is 10.3 Å². The molecule has 0 fully saturated rings. The Morgan fingerprint density at radius 2 is 2.16 bits per heavy atom. The van der Waals surface area contributed by atoms with E-state index in [0.29, 0.717) is 16.5 Å². The number of esters is 1. The molecule has 4 nitrogen and oxygen atoms in total. The van der Waals surface area contributed by atoms with Gasteiger partial charge in [0.1, 0.15) is 11.4 Å². The maximum absolute atomic E-state index is 11.5. The van der Waals surface area contributed by atoms with E-state index >= 15 is 0 Å². The Kier molecular flexibility index (Phi) is 5.94. The molecule has 1 rings (SSSR count). The Morgan fingerprint density at radius 3 is 2.74 bits per heavy atom. The second kappa shape index (κ2) is 7.01. The highest BCUT2D eigenvalue weighted by atomic mass is 35.5. The number of anilines is 1. The molecule has 0 aromatic carbocycles. The summed E-state index contributed by atoms with van der Waals surface area (Å²) in [5.74, 6) is 1.41. The molecule has 19 heavy (non-hydrogen) atoms. The molecule has 0 aliphatic carbocycles. The summed E-state index contributed by atoms with van der Waals surface area (Å²) in [7, 11) is 1.80. The van der Waals surface area contributed by atoms with Crippen molar-refractivity contribution >= 4 is 35.1 Å². The monoisotopic (exact) mass is 302 g/mol. The smallest absolute Gasteiger partial charge is 0.316 e. The lowest BCUT2D eigenvalue weighted by molar-refractivity contribution is -0.151. The van der Waals surface area contributed by atoms with Crippen LogP contribution in [-0.4, -0.2) is 29.4 Å². The van der Waals surface area contributed by atoms with Crippen molar-refractivity contribution in [1.82, 2.24) is 4.98 Å². The van der Waals surface area contributed by atoms with Crippen LogP contribution in [0.15, 0.2) is 12.1 Å². The van der Waals surface area contributed by atoms with Gasteiger partial charge in [0.2, 0.25) is 0 Å². The van der Waals surface area contributed by atoms with Gasteiger partial charge in [-0.25, -0.2) is 4.98 Å². The Bertz CT molecular complexity index is 447. The highest BCUT2D eigenvalue weighted by Gasteiger charge is 2.16. The van der Waals surface area contributed by atoms with Crippen molar-refractivity contribution in [3.05, 3.63) is 22.8 Å². The lowest BCUT2D eigenvalue weighted by Crippen LogP contribution is -2.24. The molecular weight excluding hydrogens is 284 g/mol. The Labute approximate surface area is 123 Å². The quantitative estimate of drug-likeness (QED) is 0.845. The van der Waals surface area contributed by atoms with E-state index in [0.717, 1.165) is 11.5 Å². The number of carbonyl (C=O) groups is 1. The molecule has 0 radical (unpaired) electrons. The molecule has 1 N–H and O–H groups in total. The lowest BCUT2D eigenvalue weighted by Gasteiger charge is -2.19. The zero-order valence-corrected chi connectivity index (χ0v) is 13.2. The van der Waals surface area contributed by atoms with Crippen molar-refractivity contribution in [2.45, 2.75) is 32.1 Å². The fraction of sp³-hybridized carbons (Fsp3) is 0.538. The summed E-state index contributed by atoms with van der Waals surface area (Å²) in [6, 6.07) is 3.61. The molecule has 1 aromatic rings. The van der Waals surface area contributed by atoms with Gasteiger partial charge < -0.3 is 10.1 Å². The molecule has 0 atom stereocenters. The second-order valence-corrected chi connectivity index (χ2v) is 6.35. The summed E-state index contributed by atoms with van der Waals surface area (Å²) in [6.07, 6.45) is 0. The van der Waals surface area contributed by atoms with Crippen molar-refractivity contribution < 1.29 is 9.53 Å². The molecule has 0 saturated carbocycles. The van der Waals surface area contributed by atoms with Gasteiger partial charge in [0.25, 0.3) is 0 Å². The van der Waals surface area contributed by atoms with E-state index in [1.54, 1.807) is 13.1 Å². The number of rotatable bonds is 5. The minimum atomic E-state index is -0.445. The van der Waals surface area contributed by atoms with Crippen molar-refractivity contribution in [2.75, 3.05) is 18.1 Å². The molecule has 6 heteroatoms. The fourth-order valence-corrected chi connectivity index (χ4v) is 2.32. The molecule has 0 unspecified atom stereocenters. The third-order valence-corrected chi connectivity index (χ3v) is 3.32. The zero-order chi connectivity index (χ0) is 14.5. The summed E-state index contributed by atoms with van der Waals surface area (Å²) in [5.41, 5.74) is 0.321. The Balaban J connectivity index is 2.47. The van der Waals surface area contributed by atoms with Gasteiger partial charge in [-0.3, -0.25) is 4.79 Å². The number of nitrogens with zero attached hydrogens (tertiary/aromatic N) is 1. The summed E-state index contributed by atoms with van der Waals surface area (Å²) in [5, 5.41) is 3.56. The maximum Gasteiger partial charge on any atom is 0.316 e. The Morgan fingerprint density at radius 1 is 1.47 bits per heavy atom. The molecule has 1 aromatic heterocycles. The first kappa shape index (κ1) is 16.1. The van der Waals surface area contributed by atoms with Crippen molar-refractivity contribution in [1.29, 1.82) is 0 Å².